The van der Waals surface area contributed by atoms with Crippen molar-refractivity contribution in [3.05, 3.63) is 24.3 Å². The van der Waals surface area contributed by atoms with Crippen LogP contribution in [0, 0.1) is 0 Å². The smallest absolute Gasteiger partial charge is 0.284 e. The number of nitrogens with zero attached hydrogens (tertiary/aromatic N) is 1. The van der Waals surface area contributed by atoms with Crippen molar-refractivity contribution in [2.75, 3.05) is 6.61 Å². The van der Waals surface area contributed by atoms with Gasteiger partial charge in [-0.05, 0) is 18.6 Å². The van der Waals surface area contributed by atoms with E-state index in [0.717, 1.165) is 12.8 Å². The van der Waals surface area contributed by atoms with Gasteiger partial charge in [0.05, 0.1) is 0 Å². The Hall–Kier alpha value is -2.04. The molecule has 1 aromatic rings. The number of hydrazone groups is 1. The molecule has 2 rings (SSSR count). The fourth-order valence-corrected chi connectivity index (χ4v) is 1.52. The predicted molar refractivity (Wildman–Crippen MR) is 67.9 cm³/mol. The molecular formula is C13H16N2O3. The molecule has 1 atom stereocenters. The van der Waals surface area contributed by atoms with E-state index in [0.29, 0.717) is 11.5 Å². The lowest BCUT2D eigenvalue weighted by atomic mass is 10.2. The van der Waals surface area contributed by atoms with E-state index in [1.807, 2.05) is 25.1 Å². The number of rotatable bonds is 4. The molecule has 0 bridgehead atoms. The lowest BCUT2D eigenvalue weighted by Gasteiger charge is -2.24. The minimum absolute atomic E-state index is 0.201. The summed E-state index contributed by atoms with van der Waals surface area (Å²) in [6.45, 7) is 2.25. The van der Waals surface area contributed by atoms with E-state index in [1.165, 1.54) is 0 Å². The molecule has 1 aliphatic rings. The van der Waals surface area contributed by atoms with Crippen molar-refractivity contribution in [1.29, 1.82) is 0 Å². The molecule has 0 saturated heterocycles. The van der Waals surface area contributed by atoms with Crippen molar-refractivity contribution in [3.63, 3.8) is 0 Å². The van der Waals surface area contributed by atoms with Crippen LogP contribution in [0.25, 0.3) is 0 Å². The van der Waals surface area contributed by atoms with Crippen LogP contribution >= 0.6 is 0 Å². The first-order chi connectivity index (χ1) is 8.81. The highest BCUT2D eigenvalue weighted by Crippen LogP contribution is 2.30. The highest BCUT2D eigenvalue weighted by molar-refractivity contribution is 5.82. The Morgan fingerprint density at radius 3 is 3.06 bits per heavy atom. The quantitative estimate of drug-likeness (QED) is 0.652. The third-order valence-corrected chi connectivity index (χ3v) is 2.48. The molecule has 0 radical (unpaired) electrons. The normalized spacial score (nSPS) is 17.7. The van der Waals surface area contributed by atoms with E-state index in [2.05, 4.69) is 10.5 Å². The summed E-state index contributed by atoms with van der Waals surface area (Å²) in [6, 6.07) is 7.28. The lowest BCUT2D eigenvalue weighted by Crippen LogP contribution is -2.42. The lowest BCUT2D eigenvalue weighted by molar-refractivity contribution is -0.130. The molecule has 5 nitrogen and oxygen atoms in total. The van der Waals surface area contributed by atoms with Crippen LogP contribution in [-0.2, 0) is 4.79 Å². The number of hydrogen-bond donors (Lipinski definition) is 1. The Balaban J connectivity index is 1.90. The Kier molecular flexibility index (Phi) is 4.17. The van der Waals surface area contributed by atoms with Gasteiger partial charge in [-0.1, -0.05) is 25.5 Å². The topological polar surface area (TPSA) is 59.9 Å². The zero-order valence-corrected chi connectivity index (χ0v) is 10.3. The molecule has 0 spiro atoms. The van der Waals surface area contributed by atoms with Gasteiger partial charge in [0.2, 0.25) is 6.10 Å². The maximum atomic E-state index is 11.7. The van der Waals surface area contributed by atoms with Crippen LogP contribution in [0.4, 0.5) is 0 Å². The second-order valence-electron chi connectivity index (χ2n) is 3.94. The van der Waals surface area contributed by atoms with Gasteiger partial charge in [0.15, 0.2) is 11.5 Å². The Labute approximate surface area is 106 Å². The summed E-state index contributed by atoms with van der Waals surface area (Å²) in [5.41, 5.74) is 2.44. The standard InChI is InChI=1S/C13H16N2O3/c1-2-3-8-14-15-13(16)12-9-17-10-6-4-5-7-11(10)18-12/h4-8,12H,2-3,9H2,1H3,(H,15,16). The molecule has 1 amide bonds. The Morgan fingerprint density at radius 2 is 2.28 bits per heavy atom. The second-order valence-corrected chi connectivity index (χ2v) is 3.94. The summed E-state index contributed by atoms with van der Waals surface area (Å²) in [6.07, 6.45) is 2.86. The molecule has 18 heavy (non-hydrogen) atoms. The van der Waals surface area contributed by atoms with Crippen LogP contribution < -0.4 is 14.9 Å². The zero-order chi connectivity index (χ0) is 12.8. The summed E-state index contributed by atoms with van der Waals surface area (Å²) in [4.78, 5) is 11.7. The minimum atomic E-state index is -0.654. The van der Waals surface area contributed by atoms with E-state index in [1.54, 1.807) is 12.3 Å². The van der Waals surface area contributed by atoms with E-state index in [4.69, 9.17) is 9.47 Å². The fourth-order valence-electron chi connectivity index (χ4n) is 1.52. The minimum Gasteiger partial charge on any atom is -0.485 e. The predicted octanol–water partition coefficient (Wildman–Crippen LogP) is 1.73. The molecule has 0 fully saturated rings. The van der Waals surface area contributed by atoms with Crippen molar-refractivity contribution in [2.24, 2.45) is 5.10 Å². The van der Waals surface area contributed by atoms with E-state index >= 15 is 0 Å². The Bertz CT molecular complexity index is 446. The van der Waals surface area contributed by atoms with Gasteiger partial charge in [0, 0.05) is 6.21 Å². The largest absolute Gasteiger partial charge is 0.485 e. The van der Waals surface area contributed by atoms with Gasteiger partial charge in [0.25, 0.3) is 5.91 Å². The van der Waals surface area contributed by atoms with Crippen LogP contribution in [-0.4, -0.2) is 24.8 Å². The second kappa shape index (κ2) is 6.05. The molecule has 5 heteroatoms. The highest BCUT2D eigenvalue weighted by atomic mass is 16.6. The van der Waals surface area contributed by atoms with Crippen LogP contribution in [0.1, 0.15) is 19.8 Å². The molecule has 0 saturated carbocycles. The molecule has 0 aromatic heterocycles. The number of carbonyl (C=O) groups is 1. The average Bonchev–Trinajstić information content (AvgIpc) is 2.43. The highest BCUT2D eigenvalue weighted by Gasteiger charge is 2.26. The Morgan fingerprint density at radius 1 is 1.50 bits per heavy atom. The van der Waals surface area contributed by atoms with Crippen LogP contribution in [0.2, 0.25) is 0 Å². The molecule has 0 aliphatic carbocycles. The van der Waals surface area contributed by atoms with E-state index in [9.17, 15) is 4.79 Å². The first-order valence-electron chi connectivity index (χ1n) is 6.01. The van der Waals surface area contributed by atoms with Gasteiger partial charge in [-0.25, -0.2) is 5.43 Å². The van der Waals surface area contributed by atoms with Crippen molar-refractivity contribution in [2.45, 2.75) is 25.9 Å². The van der Waals surface area contributed by atoms with Crippen LogP contribution in [0.5, 0.6) is 11.5 Å². The number of fused-ring (bicyclic) bond motifs is 1. The number of unbranched alkanes of at least 4 members (excludes halogenated alkanes) is 1. The molecule has 96 valence electrons. The van der Waals surface area contributed by atoms with Crippen LogP contribution in [0.15, 0.2) is 29.4 Å². The number of nitrogens with one attached hydrogen (secondary N) is 1. The van der Waals surface area contributed by atoms with Crippen molar-refractivity contribution < 1.29 is 14.3 Å². The molecule has 1 heterocycles. The van der Waals surface area contributed by atoms with Crippen molar-refractivity contribution in [3.8, 4) is 11.5 Å². The maximum Gasteiger partial charge on any atom is 0.284 e. The average molecular weight is 248 g/mol. The van der Waals surface area contributed by atoms with Gasteiger partial charge in [0.1, 0.15) is 6.61 Å². The molecule has 1 N–H and O–H groups in total. The molecule has 1 unspecified atom stereocenters. The number of para-hydroxylation sites is 2. The summed E-state index contributed by atoms with van der Waals surface area (Å²) in [7, 11) is 0. The van der Waals surface area contributed by atoms with Gasteiger partial charge < -0.3 is 9.47 Å². The monoisotopic (exact) mass is 248 g/mol. The van der Waals surface area contributed by atoms with Gasteiger partial charge >= 0.3 is 0 Å². The number of carbonyl (C=O) groups excluding carboxylic acids is 1. The van der Waals surface area contributed by atoms with Crippen molar-refractivity contribution in [1.82, 2.24) is 5.43 Å². The van der Waals surface area contributed by atoms with E-state index in [-0.39, 0.29) is 12.5 Å². The maximum absolute atomic E-state index is 11.7. The third kappa shape index (κ3) is 3.00. The van der Waals surface area contributed by atoms with Gasteiger partial charge in [-0.3, -0.25) is 4.79 Å². The third-order valence-electron chi connectivity index (χ3n) is 2.48. The van der Waals surface area contributed by atoms with Crippen molar-refractivity contribution >= 4 is 12.1 Å². The number of amides is 1. The fraction of sp³-hybridized carbons (Fsp3) is 0.385. The summed E-state index contributed by atoms with van der Waals surface area (Å²) >= 11 is 0. The van der Waals surface area contributed by atoms with Gasteiger partial charge in [-0.15, -0.1) is 0 Å². The van der Waals surface area contributed by atoms with E-state index < -0.39 is 6.10 Å². The number of benzene rings is 1. The number of hydrogen-bond acceptors (Lipinski definition) is 4. The zero-order valence-electron chi connectivity index (χ0n) is 10.3. The SMILES string of the molecule is CCCC=NNC(=O)C1COc2ccccc2O1. The molecule has 1 aromatic carbocycles. The summed E-state index contributed by atoms with van der Waals surface area (Å²) in [5, 5.41) is 3.83. The summed E-state index contributed by atoms with van der Waals surface area (Å²) < 4.78 is 11.0. The molecule has 1 aliphatic heterocycles. The number of ether oxygens (including phenoxy) is 2. The first-order valence-corrected chi connectivity index (χ1v) is 6.01. The molecular weight excluding hydrogens is 232 g/mol. The summed E-state index contributed by atoms with van der Waals surface area (Å²) in [5.74, 6) is 0.953. The van der Waals surface area contributed by atoms with Crippen LogP contribution in [0.3, 0.4) is 0 Å². The first kappa shape index (κ1) is 12.4. The van der Waals surface area contributed by atoms with Gasteiger partial charge in [-0.2, -0.15) is 5.10 Å².